The summed E-state index contributed by atoms with van der Waals surface area (Å²) in [6.07, 6.45) is 8.97. The van der Waals surface area contributed by atoms with Crippen molar-refractivity contribution in [2.45, 2.75) is 115 Å². The first-order chi connectivity index (χ1) is 22.7. The van der Waals surface area contributed by atoms with Gasteiger partial charge in [-0.05, 0) is 72.3 Å². The molecule has 5 atom stereocenters. The van der Waals surface area contributed by atoms with Crippen molar-refractivity contribution in [1.82, 2.24) is 20.2 Å². The number of amides is 2. The van der Waals surface area contributed by atoms with Gasteiger partial charge in [0, 0.05) is 29.9 Å². The fraction of sp³-hybridized carbons (Fsp3) is 0.611. The lowest BCUT2D eigenvalue weighted by molar-refractivity contribution is -0.159. The third-order valence-corrected chi connectivity index (χ3v) is 10.1. The van der Waals surface area contributed by atoms with Gasteiger partial charge in [0.25, 0.3) is 0 Å². The Morgan fingerprint density at radius 2 is 1.94 bits per heavy atom. The van der Waals surface area contributed by atoms with E-state index in [2.05, 4.69) is 10.3 Å². The van der Waals surface area contributed by atoms with E-state index in [1.165, 1.54) is 4.90 Å². The van der Waals surface area contributed by atoms with E-state index in [0.29, 0.717) is 42.1 Å². The molecule has 1 saturated heterocycles. The number of carboxylic acid groups (broad SMARTS) is 1. The van der Waals surface area contributed by atoms with Gasteiger partial charge in [-0.3, -0.25) is 14.4 Å². The van der Waals surface area contributed by atoms with Crippen LogP contribution in [0.2, 0.25) is 0 Å². The highest BCUT2D eigenvalue weighted by Gasteiger charge is 2.62. The molecule has 6 rings (SSSR count). The Bertz CT molecular complexity index is 1670. The highest BCUT2D eigenvalue weighted by molar-refractivity contribution is 5.96. The van der Waals surface area contributed by atoms with Crippen molar-refractivity contribution in [3.63, 3.8) is 0 Å². The van der Waals surface area contributed by atoms with Crippen molar-refractivity contribution in [3.05, 3.63) is 35.5 Å². The monoisotopic (exact) mass is 662 g/mol. The van der Waals surface area contributed by atoms with Crippen LogP contribution < -0.4 is 14.8 Å². The molecule has 2 N–H and O–H groups in total. The van der Waals surface area contributed by atoms with Crippen LogP contribution in [0, 0.1) is 18.8 Å². The molecular formula is C36H46N4O8. The Morgan fingerprint density at radius 3 is 2.67 bits per heavy atom. The van der Waals surface area contributed by atoms with Gasteiger partial charge in [-0.1, -0.05) is 25.0 Å². The number of allylic oxidation sites excluding steroid dienone is 1. The number of carbonyl (C=O) groups is 4. The number of ether oxygens (including phenoxy) is 3. The summed E-state index contributed by atoms with van der Waals surface area (Å²) in [4.78, 5) is 65.1. The number of pyridine rings is 2. The van der Waals surface area contributed by atoms with Crippen LogP contribution in [-0.2, 0) is 30.3 Å². The van der Waals surface area contributed by atoms with Crippen LogP contribution in [0.4, 0.5) is 0 Å². The minimum Gasteiger partial charge on any atom is -0.483 e. The standard InChI is InChI=1S/C36H46N4O8/c1-21-30-24(29-25(37-21)13-14-27(38-29)46-5)15-16-35(48-30)19-26-31(42)39-36(33(44)45)18-23(36)12-10-8-6-7-9-11-22(32(43)40(26)20-35)17-28(41)47-34(2,3)4/h10,12-14,22-23,26H,6-9,11,15-20H2,1-5H3,(H,39,42)(H,44,45)/b12-10-/t22-,23-,26+,35-,36-/m1/s1. The minimum atomic E-state index is -1.42. The lowest BCUT2D eigenvalue weighted by Crippen LogP contribution is -2.53. The van der Waals surface area contributed by atoms with Crippen molar-refractivity contribution in [2.24, 2.45) is 11.8 Å². The first-order valence-corrected chi connectivity index (χ1v) is 17.0. The van der Waals surface area contributed by atoms with Crippen LogP contribution in [0.15, 0.2) is 24.3 Å². The molecule has 258 valence electrons. The van der Waals surface area contributed by atoms with E-state index in [1.54, 1.807) is 33.9 Å². The van der Waals surface area contributed by atoms with E-state index in [4.69, 9.17) is 19.2 Å². The van der Waals surface area contributed by atoms with Crippen molar-refractivity contribution >= 4 is 34.8 Å². The number of hydrogen-bond acceptors (Lipinski definition) is 9. The molecule has 2 amide bonds. The van der Waals surface area contributed by atoms with Gasteiger partial charge in [0.2, 0.25) is 17.7 Å². The average molecular weight is 663 g/mol. The summed E-state index contributed by atoms with van der Waals surface area (Å²) in [5.41, 5.74) is -0.0939. The number of aliphatic carboxylic acids is 1. The number of carboxylic acids is 1. The van der Waals surface area contributed by atoms with Crippen LogP contribution in [-0.4, -0.2) is 80.2 Å². The second-order valence-electron chi connectivity index (χ2n) is 14.8. The van der Waals surface area contributed by atoms with Crippen LogP contribution in [0.1, 0.15) is 89.8 Å². The Kier molecular flexibility index (Phi) is 8.89. The van der Waals surface area contributed by atoms with E-state index in [-0.39, 0.29) is 37.6 Å². The first-order valence-electron chi connectivity index (χ1n) is 17.0. The summed E-state index contributed by atoms with van der Waals surface area (Å²) < 4.78 is 17.8. The zero-order chi connectivity index (χ0) is 34.4. The van der Waals surface area contributed by atoms with Crippen LogP contribution in [0.5, 0.6) is 11.6 Å². The van der Waals surface area contributed by atoms with Gasteiger partial charge >= 0.3 is 11.9 Å². The molecule has 12 heteroatoms. The maximum atomic E-state index is 14.5. The van der Waals surface area contributed by atoms with Gasteiger partial charge in [0.1, 0.15) is 28.5 Å². The summed E-state index contributed by atoms with van der Waals surface area (Å²) in [6, 6.07) is 2.63. The maximum absolute atomic E-state index is 14.5. The summed E-state index contributed by atoms with van der Waals surface area (Å²) in [6.45, 7) is 7.33. The van der Waals surface area contributed by atoms with E-state index < -0.39 is 46.5 Å². The van der Waals surface area contributed by atoms with E-state index in [1.807, 2.05) is 25.1 Å². The second kappa shape index (κ2) is 12.7. The zero-order valence-corrected chi connectivity index (χ0v) is 28.5. The number of nitrogens with one attached hydrogen (secondary N) is 1. The molecule has 3 aliphatic heterocycles. The number of fused-ring (bicyclic) bond motifs is 5. The Morgan fingerprint density at radius 1 is 1.15 bits per heavy atom. The molecular weight excluding hydrogens is 616 g/mol. The Hall–Kier alpha value is -4.22. The van der Waals surface area contributed by atoms with Gasteiger partial charge in [0.05, 0.1) is 36.8 Å². The number of hydrogen-bond donors (Lipinski definition) is 2. The van der Waals surface area contributed by atoms with Crippen LogP contribution >= 0.6 is 0 Å². The lowest BCUT2D eigenvalue weighted by atomic mass is 9.88. The molecule has 12 nitrogen and oxygen atoms in total. The number of methoxy groups -OCH3 is 1. The third-order valence-electron chi connectivity index (χ3n) is 10.1. The minimum absolute atomic E-state index is 0.110. The number of aryl methyl sites for hydroxylation is 2. The summed E-state index contributed by atoms with van der Waals surface area (Å²) in [7, 11) is 1.56. The SMILES string of the molecule is COc1ccc2nc(C)c3c(c2n1)CC[C@]1(C[C@H]2C(=O)N[C@]4(C(=O)O)C[C@H]4/C=C\CCCCC[C@H](CC(=O)OC(C)(C)C)C(=O)N2C1)O3. The second-order valence-corrected chi connectivity index (χ2v) is 14.8. The normalized spacial score (nSPS) is 29.8. The van der Waals surface area contributed by atoms with Gasteiger partial charge in [-0.25, -0.2) is 14.8 Å². The van der Waals surface area contributed by atoms with Crippen molar-refractivity contribution in [2.75, 3.05) is 13.7 Å². The molecule has 1 saturated carbocycles. The third kappa shape index (κ3) is 6.58. The molecule has 0 bridgehead atoms. The summed E-state index contributed by atoms with van der Waals surface area (Å²) in [5, 5.41) is 13.1. The van der Waals surface area contributed by atoms with E-state index in [9.17, 15) is 24.3 Å². The molecule has 1 aliphatic carbocycles. The number of rotatable bonds is 4. The molecule has 0 aromatic carbocycles. The van der Waals surface area contributed by atoms with Gasteiger partial charge in [0.15, 0.2) is 0 Å². The van der Waals surface area contributed by atoms with Crippen molar-refractivity contribution in [3.8, 4) is 11.6 Å². The average Bonchev–Trinajstić information content (AvgIpc) is 3.60. The predicted octanol–water partition coefficient (Wildman–Crippen LogP) is 4.44. The highest BCUT2D eigenvalue weighted by atomic mass is 16.6. The number of esters is 1. The topological polar surface area (TPSA) is 157 Å². The zero-order valence-electron chi connectivity index (χ0n) is 28.5. The van der Waals surface area contributed by atoms with Crippen molar-refractivity contribution < 1.29 is 38.5 Å². The summed E-state index contributed by atoms with van der Waals surface area (Å²) >= 11 is 0. The fourth-order valence-corrected chi connectivity index (χ4v) is 7.56. The Labute approximate surface area is 280 Å². The smallest absolute Gasteiger partial charge is 0.330 e. The Balaban J connectivity index is 1.35. The van der Waals surface area contributed by atoms with Gasteiger partial charge in [-0.15, -0.1) is 0 Å². The largest absolute Gasteiger partial charge is 0.483 e. The quantitative estimate of drug-likeness (QED) is 0.354. The first kappa shape index (κ1) is 33.7. The molecule has 2 aromatic heterocycles. The molecule has 48 heavy (non-hydrogen) atoms. The number of carbonyl (C=O) groups excluding carboxylic acids is 3. The maximum Gasteiger partial charge on any atom is 0.330 e. The molecule has 2 aromatic rings. The van der Waals surface area contributed by atoms with E-state index >= 15 is 0 Å². The van der Waals surface area contributed by atoms with Gasteiger partial charge < -0.3 is 29.5 Å². The molecule has 2 fully saturated rings. The molecule has 1 spiro atoms. The number of aromatic nitrogens is 2. The summed E-state index contributed by atoms with van der Waals surface area (Å²) in [5.74, 6) is -2.41. The van der Waals surface area contributed by atoms with Gasteiger partial charge in [-0.2, -0.15) is 0 Å². The lowest BCUT2D eigenvalue weighted by Gasteiger charge is -2.36. The van der Waals surface area contributed by atoms with Crippen molar-refractivity contribution in [1.29, 1.82) is 0 Å². The van der Waals surface area contributed by atoms with E-state index in [0.717, 1.165) is 36.8 Å². The fourth-order valence-electron chi connectivity index (χ4n) is 7.56. The predicted molar refractivity (Wildman–Crippen MR) is 175 cm³/mol. The molecule has 4 aliphatic rings. The van der Waals surface area contributed by atoms with Crippen LogP contribution in [0.3, 0.4) is 0 Å². The highest BCUT2D eigenvalue weighted by Crippen LogP contribution is 2.47. The molecule has 0 unspecified atom stereocenters. The molecule has 5 heterocycles. The number of nitrogens with zero attached hydrogens (tertiary/aromatic N) is 3. The van der Waals surface area contributed by atoms with Crippen LogP contribution in [0.25, 0.3) is 11.0 Å². The molecule has 0 radical (unpaired) electrons.